The van der Waals surface area contributed by atoms with Crippen LogP contribution in [-0.2, 0) is 0 Å². The molecule has 82 valence electrons. The summed E-state index contributed by atoms with van der Waals surface area (Å²) in [4.78, 5) is 0. The molecule has 0 radical (unpaired) electrons. The van der Waals surface area contributed by atoms with Crippen molar-refractivity contribution in [1.82, 2.24) is 0 Å². The molecule has 0 bridgehead atoms. The summed E-state index contributed by atoms with van der Waals surface area (Å²) in [5.74, 6) is 0.231. The van der Waals surface area contributed by atoms with Crippen molar-refractivity contribution in [3.8, 4) is 5.75 Å². The Morgan fingerprint density at radius 2 is 1.80 bits per heavy atom. The number of aromatic hydroxyl groups is 1. The molecule has 1 aromatic carbocycles. The molecule has 0 aliphatic carbocycles. The van der Waals surface area contributed by atoms with Gasteiger partial charge in [0.1, 0.15) is 5.75 Å². The maximum atomic E-state index is 9.77. The second-order valence-corrected chi connectivity index (χ2v) is 4.73. The molecule has 1 unspecified atom stereocenters. The zero-order valence-electron chi connectivity index (χ0n) is 9.44. The minimum atomic E-state index is -0.517. The fourth-order valence-electron chi connectivity index (χ4n) is 1.11. The number of phenols is 1. The zero-order valence-corrected chi connectivity index (χ0v) is 9.44. The molecule has 1 rings (SSSR count). The van der Waals surface area contributed by atoms with Crippen molar-refractivity contribution >= 4 is 6.08 Å². The minimum Gasteiger partial charge on any atom is -0.507 e. The van der Waals surface area contributed by atoms with Crippen LogP contribution in [0.1, 0.15) is 26.3 Å². The number of aliphatic hydroxyl groups is 1. The van der Waals surface area contributed by atoms with Gasteiger partial charge in [-0.3, -0.25) is 0 Å². The molecule has 2 heteroatoms. The number of hydrogen-bond donors (Lipinski definition) is 2. The van der Waals surface area contributed by atoms with E-state index in [4.69, 9.17) is 0 Å². The third kappa shape index (κ3) is 3.40. The van der Waals surface area contributed by atoms with Gasteiger partial charge < -0.3 is 10.2 Å². The van der Waals surface area contributed by atoms with E-state index in [0.717, 1.165) is 5.56 Å². The lowest BCUT2D eigenvalue weighted by atomic mass is 9.89. The van der Waals surface area contributed by atoms with Crippen LogP contribution in [-0.4, -0.2) is 16.3 Å². The largest absolute Gasteiger partial charge is 0.507 e. The topological polar surface area (TPSA) is 40.5 Å². The summed E-state index contributed by atoms with van der Waals surface area (Å²) < 4.78 is 0. The van der Waals surface area contributed by atoms with Crippen molar-refractivity contribution < 1.29 is 10.2 Å². The van der Waals surface area contributed by atoms with Gasteiger partial charge in [0, 0.05) is 5.56 Å². The van der Waals surface area contributed by atoms with Crippen molar-refractivity contribution in [2.24, 2.45) is 5.41 Å². The predicted octanol–water partition coefficient (Wildman–Crippen LogP) is 2.81. The van der Waals surface area contributed by atoms with Crippen LogP contribution in [0.3, 0.4) is 0 Å². The molecule has 0 aliphatic heterocycles. The molecule has 0 saturated carbocycles. The van der Waals surface area contributed by atoms with Crippen LogP contribution in [0.25, 0.3) is 6.08 Å². The first-order valence-corrected chi connectivity index (χ1v) is 5.05. The van der Waals surface area contributed by atoms with Crippen molar-refractivity contribution in [2.45, 2.75) is 26.9 Å². The zero-order chi connectivity index (χ0) is 11.5. The molecular weight excluding hydrogens is 188 g/mol. The highest BCUT2D eigenvalue weighted by molar-refractivity contribution is 5.56. The van der Waals surface area contributed by atoms with Crippen LogP contribution in [0.2, 0.25) is 0 Å². The van der Waals surface area contributed by atoms with Gasteiger partial charge in [-0.2, -0.15) is 0 Å². The Hall–Kier alpha value is -1.28. The molecule has 0 spiro atoms. The maximum Gasteiger partial charge on any atom is 0.122 e. The van der Waals surface area contributed by atoms with E-state index >= 15 is 0 Å². The fourth-order valence-corrected chi connectivity index (χ4v) is 1.11. The van der Waals surface area contributed by atoms with E-state index in [1.807, 2.05) is 26.8 Å². The molecule has 1 aromatic rings. The van der Waals surface area contributed by atoms with Gasteiger partial charge in [0.15, 0.2) is 0 Å². The molecular formula is C13H18O2. The average molecular weight is 206 g/mol. The highest BCUT2D eigenvalue weighted by Crippen LogP contribution is 2.22. The first-order valence-electron chi connectivity index (χ1n) is 5.05. The SMILES string of the molecule is CC(C)(C)C(O)/C=C\c1ccccc1O. The second kappa shape index (κ2) is 4.49. The molecule has 0 heterocycles. The van der Waals surface area contributed by atoms with Crippen LogP contribution < -0.4 is 0 Å². The average Bonchev–Trinajstić information content (AvgIpc) is 2.14. The van der Waals surface area contributed by atoms with Crippen molar-refractivity contribution in [3.63, 3.8) is 0 Å². The summed E-state index contributed by atoms with van der Waals surface area (Å²) in [6.07, 6.45) is 2.93. The molecule has 2 nitrogen and oxygen atoms in total. The Labute approximate surface area is 90.9 Å². The van der Waals surface area contributed by atoms with Crippen molar-refractivity contribution in [1.29, 1.82) is 0 Å². The summed E-state index contributed by atoms with van der Waals surface area (Å²) in [6, 6.07) is 7.06. The van der Waals surface area contributed by atoms with E-state index in [2.05, 4.69) is 0 Å². The third-order valence-corrected chi connectivity index (χ3v) is 2.28. The fraction of sp³-hybridized carbons (Fsp3) is 0.385. The smallest absolute Gasteiger partial charge is 0.122 e. The summed E-state index contributed by atoms with van der Waals surface area (Å²) in [7, 11) is 0. The second-order valence-electron chi connectivity index (χ2n) is 4.73. The number of benzene rings is 1. The van der Waals surface area contributed by atoms with Gasteiger partial charge in [-0.25, -0.2) is 0 Å². The monoisotopic (exact) mass is 206 g/mol. The van der Waals surface area contributed by atoms with E-state index in [-0.39, 0.29) is 11.2 Å². The number of phenolic OH excluding ortho intramolecular Hbond substituents is 1. The summed E-state index contributed by atoms with van der Waals surface area (Å²) >= 11 is 0. The van der Waals surface area contributed by atoms with Crippen LogP contribution in [0.5, 0.6) is 5.75 Å². The number of rotatable bonds is 2. The van der Waals surface area contributed by atoms with Crippen LogP contribution in [0, 0.1) is 5.41 Å². The minimum absolute atomic E-state index is 0.180. The first-order chi connectivity index (χ1) is 6.91. The summed E-state index contributed by atoms with van der Waals surface area (Å²) in [6.45, 7) is 5.90. The number of para-hydroxylation sites is 1. The van der Waals surface area contributed by atoms with Crippen molar-refractivity contribution in [3.05, 3.63) is 35.9 Å². The molecule has 0 fully saturated rings. The highest BCUT2D eigenvalue weighted by atomic mass is 16.3. The van der Waals surface area contributed by atoms with Gasteiger partial charge >= 0.3 is 0 Å². The molecule has 2 N–H and O–H groups in total. The normalized spacial score (nSPS) is 14.4. The molecule has 1 atom stereocenters. The van der Waals surface area contributed by atoms with E-state index in [9.17, 15) is 10.2 Å². The van der Waals surface area contributed by atoms with Crippen LogP contribution >= 0.6 is 0 Å². The third-order valence-electron chi connectivity index (χ3n) is 2.28. The van der Waals surface area contributed by atoms with Gasteiger partial charge in [-0.15, -0.1) is 0 Å². The van der Waals surface area contributed by atoms with E-state index in [0.29, 0.717) is 0 Å². The Bertz CT molecular complexity index is 348. The highest BCUT2D eigenvalue weighted by Gasteiger charge is 2.18. The Morgan fingerprint density at radius 3 is 2.33 bits per heavy atom. The lowest BCUT2D eigenvalue weighted by molar-refractivity contribution is 0.106. The molecule has 0 amide bonds. The van der Waals surface area contributed by atoms with Crippen molar-refractivity contribution in [2.75, 3.05) is 0 Å². The van der Waals surface area contributed by atoms with Gasteiger partial charge in [0.2, 0.25) is 0 Å². The summed E-state index contributed by atoms with van der Waals surface area (Å²) in [5.41, 5.74) is 0.543. The van der Waals surface area contributed by atoms with E-state index in [1.165, 1.54) is 0 Å². The van der Waals surface area contributed by atoms with Crippen LogP contribution in [0.4, 0.5) is 0 Å². The summed E-state index contributed by atoms with van der Waals surface area (Å²) in [5, 5.41) is 19.3. The Balaban J connectivity index is 2.79. The van der Waals surface area contributed by atoms with E-state index < -0.39 is 6.10 Å². The quantitative estimate of drug-likeness (QED) is 0.781. The van der Waals surface area contributed by atoms with Gasteiger partial charge in [-0.1, -0.05) is 51.1 Å². The predicted molar refractivity (Wildman–Crippen MR) is 62.6 cm³/mol. The standard InChI is InChI=1S/C13H18O2/c1-13(2,3)12(15)9-8-10-6-4-5-7-11(10)14/h4-9,12,14-15H,1-3H3/b9-8-. The lowest BCUT2D eigenvalue weighted by Gasteiger charge is -2.22. The number of hydrogen-bond acceptors (Lipinski definition) is 2. The maximum absolute atomic E-state index is 9.77. The lowest BCUT2D eigenvalue weighted by Crippen LogP contribution is -2.23. The Kier molecular flexibility index (Phi) is 3.53. The molecule has 0 saturated heterocycles. The van der Waals surface area contributed by atoms with Crippen LogP contribution in [0.15, 0.2) is 30.3 Å². The number of aliphatic hydroxyl groups excluding tert-OH is 1. The van der Waals surface area contributed by atoms with E-state index in [1.54, 1.807) is 30.4 Å². The first kappa shape index (κ1) is 11.8. The van der Waals surface area contributed by atoms with Gasteiger partial charge in [0.05, 0.1) is 6.10 Å². The van der Waals surface area contributed by atoms with Gasteiger partial charge in [-0.05, 0) is 11.5 Å². The van der Waals surface area contributed by atoms with Gasteiger partial charge in [0.25, 0.3) is 0 Å². The Morgan fingerprint density at radius 1 is 1.20 bits per heavy atom. The molecule has 0 aromatic heterocycles. The molecule has 15 heavy (non-hydrogen) atoms. The molecule has 0 aliphatic rings.